The number of ether oxygens (including phenoxy) is 1. The summed E-state index contributed by atoms with van der Waals surface area (Å²) in [4.78, 5) is 17.6. The number of amides is 1. The summed E-state index contributed by atoms with van der Waals surface area (Å²) in [6, 6.07) is 22.6. The molecule has 1 fully saturated rings. The first-order chi connectivity index (χ1) is 19.3. The summed E-state index contributed by atoms with van der Waals surface area (Å²) in [7, 11) is -2.44. The third kappa shape index (κ3) is 6.92. The number of guanidine groups is 1. The van der Waals surface area contributed by atoms with E-state index >= 15 is 0 Å². The Labute approximate surface area is 239 Å². The lowest BCUT2D eigenvalue weighted by Gasteiger charge is -2.40. The lowest BCUT2D eigenvalue weighted by Crippen LogP contribution is -2.45. The predicted molar refractivity (Wildman–Crippen MR) is 154 cm³/mol. The maximum atomic E-state index is 13.1. The van der Waals surface area contributed by atoms with Gasteiger partial charge in [-0.25, -0.2) is 18.1 Å². The molecule has 1 saturated carbocycles. The maximum Gasteiger partial charge on any atom is 0.264 e. The van der Waals surface area contributed by atoms with Crippen molar-refractivity contribution in [1.29, 1.82) is 5.26 Å². The van der Waals surface area contributed by atoms with Gasteiger partial charge in [0.05, 0.1) is 23.6 Å². The quantitative estimate of drug-likeness (QED) is 0.157. The predicted octanol–water partition coefficient (Wildman–Crippen LogP) is 4.36. The molecule has 0 heterocycles. The molecule has 11 heteroatoms. The van der Waals surface area contributed by atoms with Crippen LogP contribution in [0.25, 0.3) is 0 Å². The van der Waals surface area contributed by atoms with Gasteiger partial charge >= 0.3 is 0 Å². The Hall–Kier alpha value is -4.07. The minimum Gasteiger partial charge on any atom is -0.496 e. The summed E-state index contributed by atoms with van der Waals surface area (Å²) in [6.45, 7) is 0.414. The fourth-order valence-corrected chi connectivity index (χ4v) is 6.04. The van der Waals surface area contributed by atoms with E-state index in [1.54, 1.807) is 24.4 Å². The second-order valence-electron chi connectivity index (χ2n) is 9.53. The van der Waals surface area contributed by atoms with Crippen LogP contribution in [0.3, 0.4) is 0 Å². The van der Waals surface area contributed by atoms with E-state index in [4.69, 9.17) is 16.3 Å². The molecule has 40 heavy (non-hydrogen) atoms. The van der Waals surface area contributed by atoms with Crippen molar-refractivity contribution < 1.29 is 17.9 Å². The Kier molecular flexibility index (Phi) is 9.30. The standard InChI is InChI=1S/C29H30ClN5O4S/c1-39-26-10-6-5-9-25(26)27(36)32-19-29(21-7-3-2-4-8-21)17-15-23(16-18-29)34-28(33-20-31)35-40(37,38)24-13-11-22(30)12-14-24/h2-14,23H,15-19H2,1H3,(H,32,36)(H2,33,34,35). The van der Waals surface area contributed by atoms with Crippen LogP contribution in [0.2, 0.25) is 5.02 Å². The number of carbonyl (C=O) groups excluding carboxylic acids is 1. The number of hydrogen-bond donors (Lipinski definition) is 3. The number of rotatable bonds is 8. The molecule has 0 unspecified atom stereocenters. The fraction of sp³-hybridized carbons (Fsp3) is 0.276. The summed E-state index contributed by atoms with van der Waals surface area (Å²) >= 11 is 5.87. The van der Waals surface area contributed by atoms with E-state index in [1.165, 1.54) is 31.4 Å². The second kappa shape index (κ2) is 12.9. The van der Waals surface area contributed by atoms with Crippen molar-refractivity contribution in [2.45, 2.75) is 42.0 Å². The molecule has 0 spiro atoms. The largest absolute Gasteiger partial charge is 0.496 e. The monoisotopic (exact) mass is 579 g/mol. The first kappa shape index (κ1) is 28.9. The average molecular weight is 580 g/mol. The van der Waals surface area contributed by atoms with Crippen LogP contribution in [0.5, 0.6) is 5.75 Å². The van der Waals surface area contributed by atoms with E-state index in [9.17, 15) is 18.5 Å². The SMILES string of the molecule is COc1ccccc1C(=O)NCC1(c2ccccc2)CCC(N=C(NC#N)NS(=O)(=O)c2ccc(Cl)cc2)CC1. The molecule has 1 aliphatic rings. The van der Waals surface area contributed by atoms with Gasteiger partial charge in [-0.2, -0.15) is 5.26 Å². The summed E-state index contributed by atoms with van der Waals surface area (Å²) in [6.07, 6.45) is 4.39. The van der Waals surface area contributed by atoms with Crippen molar-refractivity contribution in [2.75, 3.05) is 13.7 Å². The van der Waals surface area contributed by atoms with E-state index in [0.717, 1.165) is 5.56 Å². The van der Waals surface area contributed by atoms with Gasteiger partial charge in [0.1, 0.15) is 5.75 Å². The molecule has 0 aromatic heterocycles. The molecule has 3 aromatic carbocycles. The molecule has 1 amide bonds. The van der Waals surface area contributed by atoms with Crippen LogP contribution in [0, 0.1) is 11.5 Å². The zero-order valence-corrected chi connectivity index (χ0v) is 23.5. The number of para-hydroxylation sites is 1. The number of aliphatic imine (C=N–C) groups is 1. The van der Waals surface area contributed by atoms with Crippen LogP contribution in [0.4, 0.5) is 0 Å². The van der Waals surface area contributed by atoms with E-state index in [1.807, 2.05) is 24.3 Å². The molecule has 1 aliphatic carbocycles. The van der Waals surface area contributed by atoms with Crippen LogP contribution >= 0.6 is 11.6 Å². The molecule has 3 aromatic rings. The van der Waals surface area contributed by atoms with Gasteiger partial charge < -0.3 is 10.1 Å². The molecule has 208 valence electrons. The average Bonchev–Trinajstić information content (AvgIpc) is 2.97. The molecule has 4 rings (SSSR count). The van der Waals surface area contributed by atoms with Gasteiger partial charge in [0.25, 0.3) is 15.9 Å². The van der Waals surface area contributed by atoms with E-state index < -0.39 is 10.0 Å². The zero-order valence-electron chi connectivity index (χ0n) is 21.9. The van der Waals surface area contributed by atoms with Gasteiger partial charge in [0.2, 0.25) is 5.96 Å². The smallest absolute Gasteiger partial charge is 0.264 e. The summed E-state index contributed by atoms with van der Waals surface area (Å²) in [5, 5.41) is 15.1. The van der Waals surface area contributed by atoms with Crippen LogP contribution in [0.15, 0.2) is 88.8 Å². The molecular weight excluding hydrogens is 550 g/mol. The number of hydrogen-bond acceptors (Lipinski definition) is 6. The number of benzene rings is 3. The first-order valence-corrected chi connectivity index (χ1v) is 14.6. The third-order valence-corrected chi connectivity index (χ3v) is 8.69. The summed E-state index contributed by atoms with van der Waals surface area (Å²) in [5.41, 5.74) is 1.24. The highest BCUT2D eigenvalue weighted by Gasteiger charge is 2.37. The summed E-state index contributed by atoms with van der Waals surface area (Å²) in [5.74, 6) is 0.148. The van der Waals surface area contributed by atoms with Crippen molar-refractivity contribution in [3.63, 3.8) is 0 Å². The van der Waals surface area contributed by atoms with Crippen molar-refractivity contribution in [2.24, 2.45) is 4.99 Å². The molecule has 0 atom stereocenters. The Morgan fingerprint density at radius 1 is 1.05 bits per heavy atom. The number of nitriles is 1. The molecule has 0 bridgehead atoms. The van der Waals surface area contributed by atoms with E-state index in [-0.39, 0.29) is 28.2 Å². The second-order valence-corrected chi connectivity index (χ2v) is 11.7. The van der Waals surface area contributed by atoms with Crippen LogP contribution < -0.4 is 20.1 Å². The lowest BCUT2D eigenvalue weighted by atomic mass is 9.68. The number of sulfonamides is 1. The highest BCUT2D eigenvalue weighted by Crippen LogP contribution is 2.40. The number of halogens is 1. The number of carbonyl (C=O) groups is 1. The van der Waals surface area contributed by atoms with E-state index in [0.29, 0.717) is 48.6 Å². The third-order valence-electron chi connectivity index (χ3n) is 7.08. The molecular formula is C29H30ClN5O4S. The Morgan fingerprint density at radius 3 is 2.35 bits per heavy atom. The van der Waals surface area contributed by atoms with Crippen molar-refractivity contribution in [1.82, 2.24) is 15.4 Å². The van der Waals surface area contributed by atoms with Gasteiger partial charge in [0.15, 0.2) is 6.19 Å². The van der Waals surface area contributed by atoms with Crippen LogP contribution in [0.1, 0.15) is 41.6 Å². The van der Waals surface area contributed by atoms with Gasteiger partial charge in [-0.05, 0) is 67.6 Å². The Morgan fingerprint density at radius 2 is 1.70 bits per heavy atom. The fourth-order valence-electron chi connectivity index (χ4n) is 4.94. The van der Waals surface area contributed by atoms with Gasteiger partial charge in [-0.3, -0.25) is 10.1 Å². The van der Waals surface area contributed by atoms with Crippen LogP contribution in [-0.2, 0) is 15.4 Å². The van der Waals surface area contributed by atoms with E-state index in [2.05, 4.69) is 32.5 Å². The molecule has 0 aliphatic heterocycles. The zero-order chi connectivity index (χ0) is 28.6. The lowest BCUT2D eigenvalue weighted by molar-refractivity contribution is 0.0932. The first-order valence-electron chi connectivity index (χ1n) is 12.7. The molecule has 0 radical (unpaired) electrons. The maximum absolute atomic E-state index is 13.1. The molecule has 3 N–H and O–H groups in total. The van der Waals surface area contributed by atoms with Crippen LogP contribution in [-0.4, -0.2) is 40.0 Å². The van der Waals surface area contributed by atoms with Crippen molar-refractivity contribution in [3.8, 4) is 11.9 Å². The normalized spacial score (nSPS) is 19.2. The topological polar surface area (TPSA) is 133 Å². The Bertz CT molecular complexity index is 1500. The molecule has 0 saturated heterocycles. The number of nitrogens with one attached hydrogen (secondary N) is 3. The number of nitrogens with zero attached hydrogens (tertiary/aromatic N) is 2. The number of methoxy groups -OCH3 is 1. The van der Waals surface area contributed by atoms with Crippen molar-refractivity contribution >= 4 is 33.5 Å². The summed E-state index contributed by atoms with van der Waals surface area (Å²) < 4.78 is 33.4. The minimum absolute atomic E-state index is 0.00173. The molecule has 9 nitrogen and oxygen atoms in total. The van der Waals surface area contributed by atoms with Gasteiger partial charge in [-0.1, -0.05) is 54.1 Å². The Balaban J connectivity index is 1.50. The highest BCUT2D eigenvalue weighted by atomic mass is 35.5. The highest BCUT2D eigenvalue weighted by molar-refractivity contribution is 7.90. The van der Waals surface area contributed by atoms with Gasteiger partial charge in [-0.15, -0.1) is 0 Å². The minimum atomic E-state index is -3.98. The van der Waals surface area contributed by atoms with Gasteiger partial charge in [0, 0.05) is 17.0 Å². The van der Waals surface area contributed by atoms with Crippen molar-refractivity contribution in [3.05, 3.63) is 95.0 Å².